The van der Waals surface area contributed by atoms with Crippen molar-refractivity contribution in [1.29, 1.82) is 0 Å². The molecule has 1 fully saturated rings. The van der Waals surface area contributed by atoms with Crippen molar-refractivity contribution in [1.82, 2.24) is 15.2 Å². The van der Waals surface area contributed by atoms with Gasteiger partial charge in [0.25, 0.3) is 5.91 Å². The molecule has 1 N–H and O–H groups in total. The summed E-state index contributed by atoms with van der Waals surface area (Å²) in [4.78, 5) is 39.2. The van der Waals surface area contributed by atoms with Crippen LogP contribution in [-0.2, 0) is 9.59 Å². The van der Waals surface area contributed by atoms with Crippen molar-refractivity contribution in [3.8, 4) is 0 Å². The number of nitrogens with one attached hydrogen (secondary N) is 1. The molecule has 1 aliphatic rings. The zero-order valence-electron chi connectivity index (χ0n) is 8.94. The molecule has 3 amide bonds. The van der Waals surface area contributed by atoms with Gasteiger partial charge < -0.3 is 4.90 Å². The molecular weight excluding hydrogens is 281 g/mol. The van der Waals surface area contributed by atoms with E-state index in [9.17, 15) is 14.4 Å². The van der Waals surface area contributed by atoms with Gasteiger partial charge in [0.15, 0.2) is 0 Å². The molecule has 0 aliphatic carbocycles. The van der Waals surface area contributed by atoms with E-state index >= 15 is 0 Å². The molecule has 6 nitrogen and oxygen atoms in total. The van der Waals surface area contributed by atoms with Crippen LogP contribution < -0.4 is 5.32 Å². The van der Waals surface area contributed by atoms with Gasteiger partial charge in [-0.15, -0.1) is 0 Å². The summed E-state index contributed by atoms with van der Waals surface area (Å²) in [6, 6.07) is 1.29. The number of hydrogen-bond donors (Lipinski definition) is 1. The normalized spacial score (nSPS) is 15.6. The Kier molecular flexibility index (Phi) is 3.49. The van der Waals surface area contributed by atoms with Gasteiger partial charge in [-0.2, -0.15) is 0 Å². The third-order valence-electron chi connectivity index (χ3n) is 2.29. The van der Waals surface area contributed by atoms with Crippen LogP contribution in [0.25, 0.3) is 0 Å². The first kappa shape index (κ1) is 12.8. The maximum absolute atomic E-state index is 12.1. The highest BCUT2D eigenvalue weighted by molar-refractivity contribution is 6.35. The van der Waals surface area contributed by atoms with Crippen molar-refractivity contribution in [3.63, 3.8) is 0 Å². The Morgan fingerprint density at radius 2 is 1.89 bits per heavy atom. The molecule has 0 radical (unpaired) electrons. The average molecular weight is 288 g/mol. The molecule has 2 rings (SSSR count). The number of rotatable bonds is 1. The van der Waals surface area contributed by atoms with Gasteiger partial charge in [-0.3, -0.25) is 19.7 Å². The molecule has 1 aliphatic heterocycles. The first-order valence-electron chi connectivity index (χ1n) is 4.90. The predicted octanol–water partition coefficient (Wildman–Crippen LogP) is 0.487. The van der Waals surface area contributed by atoms with E-state index in [1.165, 1.54) is 12.3 Å². The number of imide groups is 1. The fourth-order valence-electron chi connectivity index (χ4n) is 1.53. The molecule has 0 atom stereocenters. The maximum atomic E-state index is 12.1. The lowest BCUT2D eigenvalue weighted by molar-refractivity contribution is -0.135. The van der Waals surface area contributed by atoms with Gasteiger partial charge in [0, 0.05) is 6.20 Å². The van der Waals surface area contributed by atoms with E-state index in [4.69, 9.17) is 23.2 Å². The SMILES string of the molecule is O=C1CN(C(=O)c2cc(Cl)ncc2Cl)CC(=O)N1. The van der Waals surface area contributed by atoms with Crippen molar-refractivity contribution in [2.24, 2.45) is 0 Å². The number of hydrogen-bond acceptors (Lipinski definition) is 4. The molecule has 1 aromatic rings. The van der Waals surface area contributed by atoms with Crippen LogP contribution in [-0.4, -0.2) is 40.7 Å². The second-order valence-electron chi connectivity index (χ2n) is 3.62. The number of carbonyl (C=O) groups excluding carboxylic acids is 3. The van der Waals surface area contributed by atoms with Crippen LogP contribution in [0.2, 0.25) is 10.2 Å². The van der Waals surface area contributed by atoms with Crippen molar-refractivity contribution in [2.45, 2.75) is 0 Å². The van der Waals surface area contributed by atoms with Crippen LogP contribution in [0.4, 0.5) is 0 Å². The van der Waals surface area contributed by atoms with Crippen LogP contribution in [0.5, 0.6) is 0 Å². The highest BCUT2D eigenvalue weighted by Crippen LogP contribution is 2.20. The highest BCUT2D eigenvalue weighted by Gasteiger charge is 2.28. The molecule has 0 spiro atoms. The van der Waals surface area contributed by atoms with Gasteiger partial charge in [0.1, 0.15) is 18.2 Å². The zero-order chi connectivity index (χ0) is 13.3. The van der Waals surface area contributed by atoms with Crippen LogP contribution in [0.3, 0.4) is 0 Å². The maximum Gasteiger partial charge on any atom is 0.256 e. The number of piperazine rings is 1. The smallest absolute Gasteiger partial charge is 0.256 e. The zero-order valence-corrected chi connectivity index (χ0v) is 10.5. The standard InChI is InChI=1S/C10H7Cl2N3O3/c11-6-2-13-7(12)1-5(6)10(18)15-3-8(16)14-9(17)4-15/h1-2H,3-4H2,(H,14,16,17). The van der Waals surface area contributed by atoms with Crippen LogP contribution in [0.1, 0.15) is 10.4 Å². The number of pyridine rings is 1. The third kappa shape index (κ3) is 2.60. The quantitative estimate of drug-likeness (QED) is 0.602. The summed E-state index contributed by atoms with van der Waals surface area (Å²) in [5.41, 5.74) is 0.110. The lowest BCUT2D eigenvalue weighted by atomic mass is 10.2. The second-order valence-corrected chi connectivity index (χ2v) is 4.41. The summed E-state index contributed by atoms with van der Waals surface area (Å²) in [7, 11) is 0. The Hall–Kier alpha value is -1.66. The molecule has 2 heterocycles. The topological polar surface area (TPSA) is 79.4 Å². The lowest BCUT2D eigenvalue weighted by Crippen LogP contribution is -2.53. The third-order valence-corrected chi connectivity index (χ3v) is 2.80. The van der Waals surface area contributed by atoms with E-state index in [0.717, 1.165) is 4.90 Å². The minimum absolute atomic E-state index is 0.107. The van der Waals surface area contributed by atoms with Crippen LogP contribution in [0, 0.1) is 0 Å². The Balaban J connectivity index is 2.28. The van der Waals surface area contributed by atoms with Gasteiger partial charge in [-0.05, 0) is 6.07 Å². The summed E-state index contributed by atoms with van der Waals surface area (Å²) in [6.45, 7) is -0.387. The predicted molar refractivity (Wildman–Crippen MR) is 63.3 cm³/mol. The fraction of sp³-hybridized carbons (Fsp3) is 0.200. The number of amides is 3. The van der Waals surface area contributed by atoms with E-state index in [2.05, 4.69) is 10.3 Å². The summed E-state index contributed by atoms with van der Waals surface area (Å²) < 4.78 is 0. The van der Waals surface area contributed by atoms with E-state index in [1.807, 2.05) is 0 Å². The molecular formula is C10H7Cl2N3O3. The van der Waals surface area contributed by atoms with Crippen LogP contribution >= 0.6 is 23.2 Å². The van der Waals surface area contributed by atoms with Gasteiger partial charge >= 0.3 is 0 Å². The van der Waals surface area contributed by atoms with E-state index in [0.29, 0.717) is 0 Å². The second kappa shape index (κ2) is 4.91. The molecule has 18 heavy (non-hydrogen) atoms. The summed E-state index contributed by atoms with van der Waals surface area (Å²) in [5.74, 6) is -1.60. The Labute approximate surface area is 112 Å². The van der Waals surface area contributed by atoms with Crippen molar-refractivity contribution >= 4 is 40.9 Å². The molecule has 8 heteroatoms. The Morgan fingerprint density at radius 3 is 2.50 bits per heavy atom. The Bertz CT molecular complexity index is 531. The first-order chi connectivity index (χ1) is 8.47. The van der Waals surface area contributed by atoms with E-state index in [1.54, 1.807) is 0 Å². The minimum atomic E-state index is -0.535. The summed E-state index contributed by atoms with van der Waals surface area (Å²) in [5, 5.41) is 2.32. The van der Waals surface area contributed by atoms with Crippen molar-refractivity contribution in [2.75, 3.05) is 13.1 Å². The van der Waals surface area contributed by atoms with Gasteiger partial charge in [0.2, 0.25) is 11.8 Å². The number of aromatic nitrogens is 1. The van der Waals surface area contributed by atoms with E-state index in [-0.39, 0.29) is 28.8 Å². The molecule has 0 bridgehead atoms. The summed E-state index contributed by atoms with van der Waals surface area (Å²) in [6.07, 6.45) is 1.24. The highest BCUT2D eigenvalue weighted by atomic mass is 35.5. The van der Waals surface area contributed by atoms with Gasteiger partial charge in [-0.25, -0.2) is 4.98 Å². The Morgan fingerprint density at radius 1 is 1.28 bits per heavy atom. The van der Waals surface area contributed by atoms with Gasteiger partial charge in [0.05, 0.1) is 10.6 Å². The van der Waals surface area contributed by atoms with Crippen molar-refractivity contribution in [3.05, 3.63) is 28.0 Å². The molecule has 0 aromatic carbocycles. The van der Waals surface area contributed by atoms with Crippen molar-refractivity contribution < 1.29 is 14.4 Å². The van der Waals surface area contributed by atoms with E-state index < -0.39 is 17.7 Å². The average Bonchev–Trinajstić information content (AvgIpc) is 2.30. The summed E-state index contributed by atoms with van der Waals surface area (Å²) >= 11 is 11.5. The monoisotopic (exact) mass is 287 g/mol. The number of halogens is 2. The molecule has 0 unspecified atom stereocenters. The molecule has 0 saturated carbocycles. The van der Waals surface area contributed by atoms with Gasteiger partial charge in [-0.1, -0.05) is 23.2 Å². The lowest BCUT2D eigenvalue weighted by Gasteiger charge is -2.25. The largest absolute Gasteiger partial charge is 0.320 e. The molecule has 94 valence electrons. The number of nitrogens with zero attached hydrogens (tertiary/aromatic N) is 2. The van der Waals surface area contributed by atoms with Crippen LogP contribution in [0.15, 0.2) is 12.3 Å². The molecule has 1 saturated heterocycles. The first-order valence-corrected chi connectivity index (χ1v) is 5.66. The fourth-order valence-corrected chi connectivity index (χ4v) is 1.87. The minimum Gasteiger partial charge on any atom is -0.320 e. The number of carbonyl (C=O) groups is 3. The molecule has 1 aromatic heterocycles.